The summed E-state index contributed by atoms with van der Waals surface area (Å²) < 4.78 is 44.8. The van der Waals surface area contributed by atoms with Crippen LogP contribution in [0.15, 0.2) is 110 Å². The topological polar surface area (TPSA) is 77.1 Å². The minimum absolute atomic E-state index is 0.0871. The standard InChI is InChI=1S/C32H21F3N6O/c33-32(34,35)29-15-28(26-14-6-10-21-8-2-4-13-25(21)26)39-30-27(17-37-41(29)30)31(42)38-23-16-36-40(19-23)18-22-11-5-9-20-7-1-3-12-24(20)22/h1-17,19H,18H2,(H,38,42). The monoisotopic (exact) mass is 562 g/mol. The second-order valence-electron chi connectivity index (χ2n) is 9.86. The molecule has 4 aromatic carbocycles. The minimum Gasteiger partial charge on any atom is -0.319 e. The number of nitrogens with zero attached hydrogens (tertiary/aromatic N) is 5. The second-order valence-corrected chi connectivity index (χ2v) is 9.86. The van der Waals surface area contributed by atoms with Gasteiger partial charge in [-0.15, -0.1) is 0 Å². The van der Waals surface area contributed by atoms with Gasteiger partial charge in [0.25, 0.3) is 5.91 Å². The van der Waals surface area contributed by atoms with E-state index in [1.165, 1.54) is 6.20 Å². The molecule has 0 atom stereocenters. The summed E-state index contributed by atoms with van der Waals surface area (Å²) in [5, 5.41) is 14.8. The molecule has 0 unspecified atom stereocenters. The molecule has 10 heteroatoms. The number of halogens is 3. The van der Waals surface area contributed by atoms with Gasteiger partial charge in [-0.1, -0.05) is 84.9 Å². The third-order valence-corrected chi connectivity index (χ3v) is 7.18. The first-order valence-corrected chi connectivity index (χ1v) is 13.1. The number of hydrogen-bond acceptors (Lipinski definition) is 4. The molecule has 0 aliphatic carbocycles. The van der Waals surface area contributed by atoms with Crippen LogP contribution in [0.1, 0.15) is 21.6 Å². The number of carbonyl (C=O) groups excluding carboxylic acids is 1. The van der Waals surface area contributed by atoms with Crippen molar-refractivity contribution in [3.8, 4) is 11.3 Å². The summed E-state index contributed by atoms with van der Waals surface area (Å²) in [5.74, 6) is -0.648. The molecule has 0 bridgehead atoms. The highest BCUT2D eigenvalue weighted by molar-refractivity contribution is 6.08. The third kappa shape index (κ3) is 4.52. The fourth-order valence-electron chi connectivity index (χ4n) is 5.23. The normalized spacial score (nSPS) is 11.9. The van der Waals surface area contributed by atoms with E-state index in [0.717, 1.165) is 39.4 Å². The van der Waals surface area contributed by atoms with Gasteiger partial charge in [0, 0.05) is 11.8 Å². The van der Waals surface area contributed by atoms with E-state index in [1.54, 1.807) is 23.0 Å². The minimum atomic E-state index is -4.73. The Kier molecular flexibility index (Phi) is 5.97. The van der Waals surface area contributed by atoms with E-state index in [1.807, 2.05) is 72.8 Å². The molecule has 0 fully saturated rings. The van der Waals surface area contributed by atoms with Crippen molar-refractivity contribution in [3.05, 3.63) is 126 Å². The maximum Gasteiger partial charge on any atom is 0.433 e. The van der Waals surface area contributed by atoms with Gasteiger partial charge in [0.1, 0.15) is 5.56 Å². The van der Waals surface area contributed by atoms with Crippen LogP contribution in [0.5, 0.6) is 0 Å². The highest BCUT2D eigenvalue weighted by Gasteiger charge is 2.36. The average molecular weight is 563 g/mol. The smallest absolute Gasteiger partial charge is 0.319 e. The van der Waals surface area contributed by atoms with Gasteiger partial charge in [-0.2, -0.15) is 23.4 Å². The number of alkyl halides is 3. The maximum absolute atomic E-state index is 14.2. The average Bonchev–Trinajstić information content (AvgIpc) is 3.62. The molecule has 206 valence electrons. The summed E-state index contributed by atoms with van der Waals surface area (Å²) in [6.07, 6.45) is -0.477. The number of benzene rings is 4. The molecule has 0 saturated heterocycles. The molecule has 1 N–H and O–H groups in total. The Hall–Kier alpha value is -5.51. The van der Waals surface area contributed by atoms with Gasteiger partial charge in [-0.25, -0.2) is 9.50 Å². The maximum atomic E-state index is 14.2. The highest BCUT2D eigenvalue weighted by atomic mass is 19.4. The van der Waals surface area contributed by atoms with Crippen molar-refractivity contribution in [3.63, 3.8) is 0 Å². The number of nitrogens with one attached hydrogen (secondary N) is 1. The number of aromatic nitrogens is 5. The summed E-state index contributed by atoms with van der Waals surface area (Å²) >= 11 is 0. The van der Waals surface area contributed by atoms with Gasteiger partial charge in [-0.3, -0.25) is 9.48 Å². The first kappa shape index (κ1) is 25.5. The zero-order chi connectivity index (χ0) is 28.8. The van der Waals surface area contributed by atoms with E-state index in [-0.39, 0.29) is 16.9 Å². The third-order valence-electron chi connectivity index (χ3n) is 7.18. The molecule has 7 rings (SSSR count). The molecule has 3 aromatic heterocycles. The van der Waals surface area contributed by atoms with Crippen LogP contribution < -0.4 is 5.32 Å². The summed E-state index contributed by atoms with van der Waals surface area (Å²) in [7, 11) is 0. The van der Waals surface area contributed by atoms with E-state index in [0.29, 0.717) is 22.3 Å². The van der Waals surface area contributed by atoms with E-state index >= 15 is 0 Å². The number of carbonyl (C=O) groups is 1. The van der Waals surface area contributed by atoms with Crippen molar-refractivity contribution < 1.29 is 18.0 Å². The second kappa shape index (κ2) is 9.84. The molecule has 1 amide bonds. The predicted octanol–water partition coefficient (Wildman–Crippen LogP) is 7.22. The number of rotatable bonds is 5. The lowest BCUT2D eigenvalue weighted by atomic mass is 10.0. The molecular weight excluding hydrogens is 541 g/mol. The number of amides is 1. The molecule has 7 nitrogen and oxygen atoms in total. The zero-order valence-electron chi connectivity index (χ0n) is 21.9. The lowest BCUT2D eigenvalue weighted by Gasteiger charge is -2.13. The van der Waals surface area contributed by atoms with Gasteiger partial charge >= 0.3 is 6.18 Å². The summed E-state index contributed by atoms with van der Waals surface area (Å²) in [6, 6.07) is 27.7. The van der Waals surface area contributed by atoms with Crippen LogP contribution in [0.2, 0.25) is 0 Å². The fourth-order valence-corrected chi connectivity index (χ4v) is 5.23. The molecule has 0 aliphatic rings. The predicted molar refractivity (Wildman–Crippen MR) is 154 cm³/mol. The Labute approximate surface area is 236 Å². The van der Waals surface area contributed by atoms with Crippen LogP contribution in [0.3, 0.4) is 0 Å². The van der Waals surface area contributed by atoms with Crippen molar-refractivity contribution in [2.75, 3.05) is 5.32 Å². The van der Waals surface area contributed by atoms with Gasteiger partial charge in [-0.05, 0) is 33.2 Å². The highest BCUT2D eigenvalue weighted by Crippen LogP contribution is 2.35. The van der Waals surface area contributed by atoms with Gasteiger partial charge in [0.2, 0.25) is 0 Å². The summed E-state index contributed by atoms with van der Waals surface area (Å²) in [5.41, 5.74) is 0.727. The van der Waals surface area contributed by atoms with Crippen LogP contribution in [-0.2, 0) is 12.7 Å². The quantitative estimate of drug-likeness (QED) is 0.240. The first-order valence-electron chi connectivity index (χ1n) is 13.1. The lowest BCUT2D eigenvalue weighted by molar-refractivity contribution is -0.142. The number of fused-ring (bicyclic) bond motifs is 3. The van der Waals surface area contributed by atoms with Crippen LogP contribution in [0.4, 0.5) is 18.9 Å². The van der Waals surface area contributed by atoms with Crippen LogP contribution >= 0.6 is 0 Å². The van der Waals surface area contributed by atoms with Crippen molar-refractivity contribution in [1.82, 2.24) is 24.4 Å². The van der Waals surface area contributed by atoms with Crippen molar-refractivity contribution in [2.45, 2.75) is 12.7 Å². The Balaban J connectivity index is 1.23. The van der Waals surface area contributed by atoms with Gasteiger partial charge in [0.05, 0.1) is 30.3 Å². The molecule has 3 heterocycles. The van der Waals surface area contributed by atoms with Crippen molar-refractivity contribution in [2.24, 2.45) is 0 Å². The largest absolute Gasteiger partial charge is 0.433 e. The Bertz CT molecular complexity index is 2120. The number of hydrogen-bond donors (Lipinski definition) is 1. The molecule has 7 aromatic rings. The molecule has 0 radical (unpaired) electrons. The summed E-state index contributed by atoms with van der Waals surface area (Å²) in [6.45, 7) is 0.471. The Morgan fingerprint density at radius 3 is 2.29 bits per heavy atom. The van der Waals surface area contributed by atoms with Gasteiger partial charge < -0.3 is 5.32 Å². The van der Waals surface area contributed by atoms with Crippen LogP contribution in [-0.4, -0.2) is 30.3 Å². The van der Waals surface area contributed by atoms with Crippen LogP contribution in [0, 0.1) is 0 Å². The van der Waals surface area contributed by atoms with E-state index < -0.39 is 17.8 Å². The van der Waals surface area contributed by atoms with Crippen LogP contribution in [0.25, 0.3) is 38.4 Å². The molecule has 42 heavy (non-hydrogen) atoms. The molecule has 0 spiro atoms. The molecule has 0 saturated carbocycles. The van der Waals surface area contributed by atoms with E-state index in [2.05, 4.69) is 20.5 Å². The number of anilines is 1. The lowest BCUT2D eigenvalue weighted by Crippen LogP contribution is -2.15. The fraction of sp³-hybridized carbons (Fsp3) is 0.0625. The van der Waals surface area contributed by atoms with Gasteiger partial charge in [0.15, 0.2) is 11.3 Å². The van der Waals surface area contributed by atoms with E-state index in [9.17, 15) is 18.0 Å². The molecule has 0 aliphatic heterocycles. The van der Waals surface area contributed by atoms with E-state index in [4.69, 9.17) is 0 Å². The molecular formula is C32H21F3N6O. The SMILES string of the molecule is O=C(Nc1cnn(Cc2cccc3ccccc23)c1)c1cnn2c(C(F)(F)F)cc(-c3cccc4ccccc34)nc12. The Morgan fingerprint density at radius 2 is 1.50 bits per heavy atom. The van der Waals surface area contributed by atoms with Crippen molar-refractivity contribution in [1.29, 1.82) is 0 Å². The zero-order valence-corrected chi connectivity index (χ0v) is 21.9. The first-order chi connectivity index (χ1) is 20.3. The Morgan fingerprint density at radius 1 is 0.810 bits per heavy atom. The van der Waals surface area contributed by atoms with Crippen molar-refractivity contribution >= 4 is 38.8 Å². The summed E-state index contributed by atoms with van der Waals surface area (Å²) in [4.78, 5) is 17.8.